The molecule has 2 aromatic rings. The first-order valence-corrected chi connectivity index (χ1v) is 36.0. The van der Waals surface area contributed by atoms with E-state index < -0.39 is 0 Å². The lowest BCUT2D eigenvalue weighted by molar-refractivity contribution is 0.00742. The van der Waals surface area contributed by atoms with E-state index in [1.165, 1.54) is 272 Å². The fourth-order valence-electron chi connectivity index (χ4n) is 12.7. The van der Waals surface area contributed by atoms with Crippen LogP contribution in [0.25, 0.3) is 11.1 Å². The number of benzene rings is 2. The standard InChI is InChI=1S/C78H132N2/c1-9-17-22-26-27-28-29-30-31-32-33-34-35-36-37-38-39-40-41-42-43-44-45-46-47-48-49-54-62-77(72(67-80-79)60-50-21-13-5)78(73-63-68(55-14-6)75(57-16-8)69(64-73)56-15-7)74-65-70(58-51-23-18-10-2)76(61-53-25-20-12-4)71(66-74)59-52-24-19-11-3/h63-66H,9-53,55-61H2,1-8H3. The molecule has 0 heterocycles. The Morgan fingerprint density at radius 2 is 0.625 bits per heavy atom. The topological polar surface area (TPSA) is 36.4 Å². The Balaban J connectivity index is 2.35. The molecule has 0 N–H and O–H groups in total. The molecule has 0 spiro atoms. The maximum Gasteiger partial charge on any atom is 0.304 e. The van der Waals surface area contributed by atoms with Crippen LogP contribution in [0.2, 0.25) is 0 Å². The van der Waals surface area contributed by atoms with Crippen LogP contribution in [-0.2, 0) is 38.5 Å². The smallest absolute Gasteiger partial charge is 0.304 e. The van der Waals surface area contributed by atoms with E-state index in [2.05, 4.69) is 102 Å². The minimum atomic E-state index is 0.811. The molecule has 2 rings (SSSR count). The maximum atomic E-state index is 10.4. The fourth-order valence-corrected chi connectivity index (χ4v) is 12.7. The third-order valence-electron chi connectivity index (χ3n) is 17.5. The summed E-state index contributed by atoms with van der Waals surface area (Å²) in [5.74, 6) is 10.9. The molecule has 0 radical (unpaired) electrons. The van der Waals surface area contributed by atoms with Gasteiger partial charge in [0.05, 0.1) is 11.1 Å². The molecule has 0 aromatic heterocycles. The van der Waals surface area contributed by atoms with E-state index in [0.717, 1.165) is 101 Å². The minimum absolute atomic E-state index is 0.811. The van der Waals surface area contributed by atoms with Gasteiger partial charge >= 0.3 is 5.87 Å². The van der Waals surface area contributed by atoms with Gasteiger partial charge in [0.15, 0.2) is 0 Å². The molecule has 80 heavy (non-hydrogen) atoms. The normalized spacial score (nSPS) is 11.7. The lowest BCUT2D eigenvalue weighted by Gasteiger charge is -2.23. The number of unbranched alkanes of at least 4 members (excludes halogenated alkanes) is 37. The third-order valence-corrected chi connectivity index (χ3v) is 17.5. The molecular weight excluding hydrogens is 965 g/mol. The average molecular weight is 1100 g/mol. The largest absolute Gasteiger partial charge is 0.348 e. The molecule has 0 aliphatic rings. The monoisotopic (exact) mass is 1100 g/mol. The number of aryl methyl sites for hydroxylation is 4. The summed E-state index contributed by atoms with van der Waals surface area (Å²) in [6, 6.07) is 10.4. The van der Waals surface area contributed by atoms with Crippen molar-refractivity contribution in [2.24, 2.45) is 0 Å². The van der Waals surface area contributed by atoms with Crippen LogP contribution in [0.5, 0.6) is 0 Å². The van der Waals surface area contributed by atoms with Crippen LogP contribution in [-0.4, -0.2) is 10.7 Å². The highest BCUT2D eigenvalue weighted by Crippen LogP contribution is 2.38. The second-order valence-corrected chi connectivity index (χ2v) is 25.0. The summed E-state index contributed by atoms with van der Waals surface area (Å²) in [5, 5.41) is 0. The van der Waals surface area contributed by atoms with Crippen LogP contribution >= 0.6 is 0 Å². The first kappa shape index (κ1) is 73.0. The van der Waals surface area contributed by atoms with E-state index in [1.54, 1.807) is 22.3 Å². The molecule has 0 atom stereocenters. The zero-order valence-corrected chi connectivity index (χ0v) is 55.0. The van der Waals surface area contributed by atoms with Crippen molar-refractivity contribution in [2.45, 2.75) is 389 Å². The van der Waals surface area contributed by atoms with E-state index in [-0.39, 0.29) is 0 Å². The zero-order chi connectivity index (χ0) is 57.8. The molecule has 0 saturated heterocycles. The van der Waals surface area contributed by atoms with Gasteiger partial charge < -0.3 is 5.53 Å². The average Bonchev–Trinajstić information content (AvgIpc) is 3.56. The number of rotatable bonds is 54. The molecule has 2 aromatic carbocycles. The van der Waals surface area contributed by atoms with Crippen molar-refractivity contribution >= 4 is 11.4 Å². The van der Waals surface area contributed by atoms with Crippen LogP contribution in [0.3, 0.4) is 0 Å². The molecule has 0 aliphatic carbocycles. The van der Waals surface area contributed by atoms with E-state index in [0.29, 0.717) is 0 Å². The Hall–Kier alpha value is -3.10. The summed E-state index contributed by atoms with van der Waals surface area (Å²) in [7, 11) is 0. The van der Waals surface area contributed by atoms with Gasteiger partial charge in [0.1, 0.15) is 0 Å². The summed E-state index contributed by atoms with van der Waals surface area (Å²) < 4.78 is 0. The first-order valence-electron chi connectivity index (χ1n) is 36.0. The van der Waals surface area contributed by atoms with Crippen LogP contribution < -0.4 is 0 Å². The second-order valence-electron chi connectivity index (χ2n) is 25.0. The van der Waals surface area contributed by atoms with Crippen molar-refractivity contribution in [2.75, 3.05) is 0 Å². The lowest BCUT2D eigenvalue weighted by atomic mass is 9.81. The van der Waals surface area contributed by atoms with E-state index in [1.807, 2.05) is 0 Å². The molecule has 2 heteroatoms. The van der Waals surface area contributed by atoms with Gasteiger partial charge in [0.25, 0.3) is 0 Å². The summed E-state index contributed by atoms with van der Waals surface area (Å²) in [4.78, 5) is 3.71. The number of allylic oxidation sites excluding steroid dienone is 2. The van der Waals surface area contributed by atoms with Gasteiger partial charge in [-0.2, -0.15) is 0 Å². The van der Waals surface area contributed by atoms with Crippen LogP contribution in [0, 0.1) is 11.8 Å². The van der Waals surface area contributed by atoms with Gasteiger partial charge in [-0.25, -0.2) is 0 Å². The highest BCUT2D eigenvalue weighted by Gasteiger charge is 2.23. The van der Waals surface area contributed by atoms with Crippen LogP contribution in [0.4, 0.5) is 0 Å². The number of hydrogen-bond donors (Lipinski definition) is 0. The van der Waals surface area contributed by atoms with Gasteiger partial charge in [-0.3, -0.25) is 0 Å². The van der Waals surface area contributed by atoms with Crippen molar-refractivity contribution in [3.8, 4) is 11.8 Å². The first-order chi connectivity index (χ1) is 39.5. The van der Waals surface area contributed by atoms with Gasteiger partial charge in [-0.15, -0.1) is 4.79 Å². The second kappa shape index (κ2) is 52.7. The van der Waals surface area contributed by atoms with Gasteiger partial charge in [-0.05, 0) is 122 Å². The van der Waals surface area contributed by atoms with Crippen molar-refractivity contribution in [1.29, 1.82) is 0 Å². The molecule has 0 amide bonds. The quantitative estimate of drug-likeness (QED) is 0.0158. The Bertz CT molecular complexity index is 1930. The maximum absolute atomic E-state index is 10.4. The molecular formula is C78H132N2. The van der Waals surface area contributed by atoms with Crippen molar-refractivity contribution in [1.82, 2.24) is 0 Å². The van der Waals surface area contributed by atoms with Gasteiger partial charge in [0, 0.05) is 12.0 Å². The molecule has 0 aliphatic heterocycles. The van der Waals surface area contributed by atoms with Crippen molar-refractivity contribution in [3.05, 3.63) is 85.5 Å². The molecule has 0 unspecified atom stereocenters. The van der Waals surface area contributed by atoms with E-state index in [9.17, 15) is 5.53 Å². The Labute approximate surface area is 500 Å². The Morgan fingerprint density at radius 3 is 0.975 bits per heavy atom. The summed E-state index contributed by atoms with van der Waals surface area (Å²) in [6.45, 7) is 18.6. The van der Waals surface area contributed by atoms with Crippen LogP contribution in [0.1, 0.15) is 395 Å². The highest BCUT2D eigenvalue weighted by atomic mass is 14.8. The zero-order valence-electron chi connectivity index (χ0n) is 55.0. The molecule has 0 bridgehead atoms. The van der Waals surface area contributed by atoms with E-state index in [4.69, 9.17) is 0 Å². The number of hydrogen-bond acceptors (Lipinski definition) is 0. The van der Waals surface area contributed by atoms with Gasteiger partial charge in [0.2, 0.25) is 0 Å². The predicted octanol–water partition coefficient (Wildman–Crippen LogP) is 25.7. The van der Waals surface area contributed by atoms with Crippen LogP contribution in [0.15, 0.2) is 35.4 Å². The van der Waals surface area contributed by atoms with Gasteiger partial charge in [-0.1, -0.05) is 342 Å². The molecule has 0 saturated carbocycles. The Morgan fingerprint density at radius 1 is 0.325 bits per heavy atom. The lowest BCUT2D eigenvalue weighted by Crippen LogP contribution is -2.08. The molecule has 0 fully saturated rings. The predicted molar refractivity (Wildman–Crippen MR) is 359 cm³/mol. The SMILES string of the molecule is CCCCCCCCCCCCCCCCCCCCCCCCCCCCC#CC(C(=C=[N+]=[N-])CCCCC)=C(c1cc(CCC)c(CCC)c(CCC)c1)c1cc(CCCCCC)c(CCCCCC)c(CCCCCC)c1. The molecule has 2 nitrogen and oxygen atoms in total. The fraction of sp³-hybridized carbons (Fsp3) is 0.769. The Kier molecular flexibility index (Phi) is 48.1. The molecule has 454 valence electrons. The van der Waals surface area contributed by atoms with Crippen molar-refractivity contribution in [3.63, 3.8) is 0 Å². The van der Waals surface area contributed by atoms with E-state index >= 15 is 0 Å². The summed E-state index contributed by atoms with van der Waals surface area (Å²) >= 11 is 0. The summed E-state index contributed by atoms with van der Waals surface area (Å²) in [6.07, 6.45) is 67.4. The van der Waals surface area contributed by atoms with Crippen molar-refractivity contribution < 1.29 is 4.79 Å². The summed E-state index contributed by atoms with van der Waals surface area (Å²) in [5.41, 5.74) is 25.7. The highest BCUT2D eigenvalue weighted by molar-refractivity contribution is 5.91. The third kappa shape index (κ3) is 33.9. The number of nitrogens with zero attached hydrogens (tertiary/aromatic N) is 2. The minimum Gasteiger partial charge on any atom is -0.348 e.